The van der Waals surface area contributed by atoms with Gasteiger partial charge in [-0.15, -0.1) is 0 Å². The number of rotatable bonds is 5. The molecule has 1 atom stereocenters. The summed E-state index contributed by atoms with van der Waals surface area (Å²) in [6.07, 6.45) is 3.75. The van der Waals surface area contributed by atoms with Crippen LogP contribution in [0.5, 0.6) is 11.5 Å². The lowest BCUT2D eigenvalue weighted by Gasteiger charge is -2.24. The zero-order valence-corrected chi connectivity index (χ0v) is 21.3. The molecule has 2 N–H and O–H groups in total. The Labute approximate surface area is 216 Å². The van der Waals surface area contributed by atoms with Gasteiger partial charge in [-0.05, 0) is 63.1 Å². The summed E-state index contributed by atoms with van der Waals surface area (Å²) in [4.78, 5) is 23.3. The number of hydrogen-bond donors (Lipinski definition) is 1. The molecule has 1 aliphatic rings. The van der Waals surface area contributed by atoms with Gasteiger partial charge >= 0.3 is 6.09 Å². The average molecular weight is 498 g/mol. The van der Waals surface area contributed by atoms with E-state index in [0.717, 1.165) is 45.8 Å². The second kappa shape index (κ2) is 9.61. The molecule has 2 aromatic heterocycles. The van der Waals surface area contributed by atoms with Gasteiger partial charge in [-0.3, -0.25) is 0 Å². The maximum Gasteiger partial charge on any atom is 0.410 e. The highest BCUT2D eigenvalue weighted by Gasteiger charge is 2.34. The first-order chi connectivity index (χ1) is 17.7. The van der Waals surface area contributed by atoms with Crippen molar-refractivity contribution in [3.05, 3.63) is 73.2 Å². The van der Waals surface area contributed by atoms with Crippen molar-refractivity contribution in [1.29, 1.82) is 0 Å². The number of nitrogens with zero attached hydrogens (tertiary/aromatic N) is 4. The van der Waals surface area contributed by atoms with Crippen LogP contribution in [0.15, 0.2) is 67.5 Å². The van der Waals surface area contributed by atoms with Gasteiger partial charge in [0.15, 0.2) is 0 Å². The molecule has 3 heterocycles. The van der Waals surface area contributed by atoms with Crippen molar-refractivity contribution in [3.63, 3.8) is 0 Å². The van der Waals surface area contributed by atoms with Crippen molar-refractivity contribution < 1.29 is 14.3 Å². The Morgan fingerprint density at radius 1 is 1.08 bits per heavy atom. The van der Waals surface area contributed by atoms with Crippen LogP contribution in [0, 0.1) is 0 Å². The molecule has 0 aliphatic carbocycles. The fraction of sp³-hybridized carbons (Fsp3) is 0.276. The summed E-state index contributed by atoms with van der Waals surface area (Å²) in [6, 6.07) is 17.5. The molecule has 190 valence electrons. The maximum absolute atomic E-state index is 12.7. The maximum atomic E-state index is 12.7. The molecule has 0 bridgehead atoms. The van der Waals surface area contributed by atoms with Gasteiger partial charge in [0.1, 0.15) is 34.9 Å². The van der Waals surface area contributed by atoms with E-state index in [4.69, 9.17) is 15.2 Å². The fourth-order valence-electron chi connectivity index (χ4n) is 4.80. The predicted octanol–water partition coefficient (Wildman–Crippen LogP) is 6.30. The van der Waals surface area contributed by atoms with E-state index in [9.17, 15) is 4.79 Å². The zero-order valence-electron chi connectivity index (χ0n) is 21.3. The second-order valence-electron chi connectivity index (χ2n) is 10.1. The van der Waals surface area contributed by atoms with Crippen molar-refractivity contribution >= 4 is 29.0 Å². The molecule has 1 aliphatic heterocycles. The molecular formula is C29H31N5O3. The van der Waals surface area contributed by atoms with E-state index in [1.807, 2.05) is 81.4 Å². The van der Waals surface area contributed by atoms with Crippen molar-refractivity contribution in [2.45, 2.75) is 38.8 Å². The number of ether oxygens (including phenoxy) is 2. The van der Waals surface area contributed by atoms with Crippen molar-refractivity contribution in [3.8, 4) is 22.6 Å². The van der Waals surface area contributed by atoms with Crippen LogP contribution in [0.1, 0.15) is 38.9 Å². The van der Waals surface area contributed by atoms with Crippen molar-refractivity contribution in [2.24, 2.45) is 0 Å². The number of carbonyl (C=O) groups is 1. The first-order valence-corrected chi connectivity index (χ1v) is 12.3. The summed E-state index contributed by atoms with van der Waals surface area (Å²) in [6.45, 7) is 10.8. The number of nitrogen functional groups attached to an aromatic ring is 1. The van der Waals surface area contributed by atoms with E-state index in [2.05, 4.69) is 21.1 Å². The predicted molar refractivity (Wildman–Crippen MR) is 145 cm³/mol. The largest absolute Gasteiger partial charge is 0.457 e. The number of amides is 1. The summed E-state index contributed by atoms with van der Waals surface area (Å²) >= 11 is 0. The van der Waals surface area contributed by atoms with E-state index in [1.54, 1.807) is 4.90 Å². The van der Waals surface area contributed by atoms with E-state index < -0.39 is 5.60 Å². The normalized spacial score (nSPS) is 15.6. The van der Waals surface area contributed by atoms with E-state index in [0.29, 0.717) is 18.9 Å². The van der Waals surface area contributed by atoms with Crippen LogP contribution in [-0.4, -0.2) is 44.2 Å². The van der Waals surface area contributed by atoms with Crippen LogP contribution in [0.25, 0.3) is 28.2 Å². The van der Waals surface area contributed by atoms with Crippen LogP contribution in [0.3, 0.4) is 0 Å². The Balaban J connectivity index is 1.52. The molecule has 0 saturated carbocycles. The number of likely N-dealkylation sites (tertiary alicyclic amines) is 1. The Kier molecular flexibility index (Phi) is 6.33. The summed E-state index contributed by atoms with van der Waals surface area (Å²) in [5.74, 6) is 1.90. The molecule has 0 radical (unpaired) electrons. The van der Waals surface area contributed by atoms with Gasteiger partial charge < -0.3 is 24.7 Å². The highest BCUT2D eigenvalue weighted by molar-refractivity contribution is 6.04. The number of benzene rings is 2. The summed E-state index contributed by atoms with van der Waals surface area (Å²) < 4.78 is 13.7. The lowest BCUT2D eigenvalue weighted by Crippen LogP contribution is -2.35. The molecule has 1 saturated heterocycles. The number of hydrogen-bond acceptors (Lipinski definition) is 6. The van der Waals surface area contributed by atoms with Crippen LogP contribution in [0.2, 0.25) is 0 Å². The molecule has 0 spiro atoms. The Hall–Kier alpha value is -4.33. The quantitative estimate of drug-likeness (QED) is 0.348. The van der Waals surface area contributed by atoms with Crippen LogP contribution >= 0.6 is 0 Å². The SMILES string of the molecule is C=Cc1c(-c2ccc(Oc3ccccc3)cc2)c2c(N)ncnc2n1C1CCN(C(=O)OC(C)(C)C)C1. The Morgan fingerprint density at radius 3 is 2.46 bits per heavy atom. The molecule has 8 heteroatoms. The molecule has 37 heavy (non-hydrogen) atoms. The minimum absolute atomic E-state index is 0.00763. The lowest BCUT2D eigenvalue weighted by molar-refractivity contribution is 0.0289. The highest BCUT2D eigenvalue weighted by Crippen LogP contribution is 2.41. The van der Waals surface area contributed by atoms with Gasteiger partial charge in [0.2, 0.25) is 0 Å². The van der Waals surface area contributed by atoms with Gasteiger partial charge in [0, 0.05) is 18.7 Å². The molecule has 8 nitrogen and oxygen atoms in total. The van der Waals surface area contributed by atoms with Gasteiger partial charge in [-0.2, -0.15) is 0 Å². The molecule has 5 rings (SSSR count). The molecule has 1 fully saturated rings. The number of carbonyl (C=O) groups excluding carboxylic acids is 1. The molecule has 2 aromatic carbocycles. The van der Waals surface area contributed by atoms with E-state index >= 15 is 0 Å². The summed E-state index contributed by atoms with van der Waals surface area (Å²) in [5, 5.41) is 0.768. The Bertz CT molecular complexity index is 1440. The van der Waals surface area contributed by atoms with E-state index in [1.165, 1.54) is 6.33 Å². The average Bonchev–Trinajstić information content (AvgIpc) is 3.47. The molecular weight excluding hydrogens is 466 g/mol. The third-order valence-corrected chi connectivity index (χ3v) is 6.35. The van der Waals surface area contributed by atoms with Gasteiger partial charge in [-0.1, -0.05) is 36.9 Å². The van der Waals surface area contributed by atoms with Crippen molar-refractivity contribution in [1.82, 2.24) is 19.4 Å². The first kappa shape index (κ1) is 24.4. The second-order valence-corrected chi connectivity index (χ2v) is 10.1. The summed E-state index contributed by atoms with van der Waals surface area (Å²) in [5.41, 5.74) is 9.31. The van der Waals surface area contributed by atoms with Crippen LogP contribution in [-0.2, 0) is 4.74 Å². The van der Waals surface area contributed by atoms with Gasteiger partial charge in [-0.25, -0.2) is 14.8 Å². The number of fused-ring (bicyclic) bond motifs is 1. The smallest absolute Gasteiger partial charge is 0.410 e. The first-order valence-electron chi connectivity index (χ1n) is 12.3. The minimum Gasteiger partial charge on any atom is -0.457 e. The summed E-state index contributed by atoms with van der Waals surface area (Å²) in [7, 11) is 0. The number of nitrogens with two attached hydrogens (primary N) is 1. The zero-order chi connectivity index (χ0) is 26.2. The monoisotopic (exact) mass is 497 g/mol. The standard InChI is InChI=1S/C29H31N5O3/c1-5-23-24(19-11-13-22(14-12-19)36-21-9-7-6-8-10-21)25-26(30)31-18-32-27(25)34(23)20-15-16-33(17-20)28(35)37-29(2,3)4/h5-14,18,20H,1,15-17H2,2-4H3,(H2,30,31,32). The van der Waals surface area contributed by atoms with E-state index in [-0.39, 0.29) is 12.1 Å². The van der Waals surface area contributed by atoms with Crippen LogP contribution in [0.4, 0.5) is 10.6 Å². The number of anilines is 1. The number of para-hydroxylation sites is 1. The molecule has 1 amide bonds. The minimum atomic E-state index is -0.549. The van der Waals surface area contributed by atoms with Crippen LogP contribution < -0.4 is 10.5 Å². The van der Waals surface area contributed by atoms with Crippen molar-refractivity contribution in [2.75, 3.05) is 18.8 Å². The highest BCUT2D eigenvalue weighted by atomic mass is 16.6. The molecule has 1 unspecified atom stereocenters. The third kappa shape index (κ3) is 4.87. The lowest BCUT2D eigenvalue weighted by atomic mass is 10.0. The third-order valence-electron chi connectivity index (χ3n) is 6.35. The molecule has 4 aromatic rings. The fourth-order valence-corrected chi connectivity index (χ4v) is 4.80. The number of aromatic nitrogens is 3. The topological polar surface area (TPSA) is 95.5 Å². The van der Waals surface area contributed by atoms with Gasteiger partial charge in [0.25, 0.3) is 0 Å². The van der Waals surface area contributed by atoms with Gasteiger partial charge in [0.05, 0.1) is 17.1 Å². The Morgan fingerprint density at radius 2 is 1.78 bits per heavy atom.